The Bertz CT molecular complexity index is 776. The zero-order valence-corrected chi connectivity index (χ0v) is 15.5. The first-order valence-corrected chi connectivity index (χ1v) is 10.2. The van der Waals surface area contributed by atoms with Crippen LogP contribution in [-0.2, 0) is 16.4 Å². The molecule has 1 aromatic rings. The largest absolute Gasteiger partial charge is 0.322 e. The summed E-state index contributed by atoms with van der Waals surface area (Å²) >= 11 is 0. The molecule has 154 valence electrons. The van der Waals surface area contributed by atoms with Gasteiger partial charge in [0.2, 0.25) is 10.0 Å². The van der Waals surface area contributed by atoms with Gasteiger partial charge in [-0.05, 0) is 37.4 Å². The van der Waals surface area contributed by atoms with E-state index in [1.54, 1.807) is 0 Å². The van der Waals surface area contributed by atoms with Crippen molar-refractivity contribution in [1.82, 2.24) is 9.62 Å². The number of rotatable bonds is 8. The van der Waals surface area contributed by atoms with E-state index in [9.17, 15) is 30.4 Å². The maximum atomic E-state index is 14.5. The van der Waals surface area contributed by atoms with E-state index in [4.69, 9.17) is 5.73 Å². The Labute approximate surface area is 154 Å². The molecule has 1 saturated heterocycles. The minimum Gasteiger partial charge on any atom is -0.322 e. The molecule has 0 radical (unpaired) electrons. The van der Waals surface area contributed by atoms with E-state index in [0.717, 1.165) is 6.26 Å². The van der Waals surface area contributed by atoms with Crippen LogP contribution in [0.4, 0.5) is 22.0 Å². The Kier molecular flexibility index (Phi) is 6.82. The first-order valence-electron chi connectivity index (χ1n) is 8.34. The number of benzene rings is 1. The first-order chi connectivity index (χ1) is 12.4. The van der Waals surface area contributed by atoms with Crippen LogP contribution in [0, 0.1) is 17.5 Å². The van der Waals surface area contributed by atoms with Gasteiger partial charge in [-0.1, -0.05) is 0 Å². The summed E-state index contributed by atoms with van der Waals surface area (Å²) in [6, 6.07) is -1.41. The Balaban J connectivity index is 2.03. The van der Waals surface area contributed by atoms with Crippen LogP contribution in [-0.4, -0.2) is 57.2 Å². The lowest BCUT2D eigenvalue weighted by atomic mass is 10.00. The summed E-state index contributed by atoms with van der Waals surface area (Å²) in [6.07, 6.45) is 1.48. The van der Waals surface area contributed by atoms with Crippen molar-refractivity contribution in [3.63, 3.8) is 0 Å². The van der Waals surface area contributed by atoms with E-state index in [2.05, 4.69) is 4.72 Å². The summed E-state index contributed by atoms with van der Waals surface area (Å²) in [4.78, 5) is 1.43. The van der Waals surface area contributed by atoms with Gasteiger partial charge < -0.3 is 5.73 Å². The number of hydrogen-bond acceptors (Lipinski definition) is 4. The molecule has 1 fully saturated rings. The van der Waals surface area contributed by atoms with E-state index in [-0.39, 0.29) is 6.54 Å². The van der Waals surface area contributed by atoms with Crippen molar-refractivity contribution in [3.05, 3.63) is 35.1 Å². The SMILES string of the molecule is CS(=O)(=O)NCC1CCCN1CC(F)(F)[C@H](N)Cc1cc(F)c(F)cc1F. The Morgan fingerprint density at radius 3 is 2.52 bits per heavy atom. The van der Waals surface area contributed by atoms with Crippen molar-refractivity contribution in [2.75, 3.05) is 25.9 Å². The molecule has 0 amide bonds. The molecule has 2 atom stereocenters. The zero-order chi connectivity index (χ0) is 20.4. The monoisotopic (exact) mass is 415 g/mol. The fraction of sp³-hybridized carbons (Fsp3) is 0.625. The van der Waals surface area contributed by atoms with Gasteiger partial charge in [-0.3, -0.25) is 4.90 Å². The summed E-state index contributed by atoms with van der Waals surface area (Å²) in [5.41, 5.74) is 5.10. The normalized spacial score (nSPS) is 20.2. The van der Waals surface area contributed by atoms with Crippen molar-refractivity contribution in [2.24, 2.45) is 5.73 Å². The lowest BCUT2D eigenvalue weighted by molar-refractivity contribution is -0.0558. The Morgan fingerprint density at radius 2 is 1.89 bits per heavy atom. The minimum atomic E-state index is -3.44. The van der Waals surface area contributed by atoms with Crippen LogP contribution < -0.4 is 10.5 Å². The van der Waals surface area contributed by atoms with Gasteiger partial charge in [-0.15, -0.1) is 0 Å². The molecule has 1 aromatic carbocycles. The third-order valence-corrected chi connectivity index (χ3v) is 5.26. The van der Waals surface area contributed by atoms with Crippen molar-refractivity contribution in [3.8, 4) is 0 Å². The number of nitrogens with zero attached hydrogens (tertiary/aromatic N) is 1. The van der Waals surface area contributed by atoms with Crippen molar-refractivity contribution in [1.29, 1.82) is 0 Å². The molecule has 0 aromatic heterocycles. The first kappa shape index (κ1) is 22.0. The van der Waals surface area contributed by atoms with Crippen molar-refractivity contribution >= 4 is 10.0 Å². The number of halogens is 5. The van der Waals surface area contributed by atoms with Gasteiger partial charge in [-0.25, -0.2) is 35.1 Å². The molecular formula is C16H22F5N3O2S. The van der Waals surface area contributed by atoms with E-state index in [0.29, 0.717) is 31.5 Å². The molecule has 0 saturated carbocycles. The molecule has 1 heterocycles. The molecule has 5 nitrogen and oxygen atoms in total. The van der Waals surface area contributed by atoms with Crippen LogP contribution >= 0.6 is 0 Å². The minimum absolute atomic E-state index is 0.00194. The highest BCUT2D eigenvalue weighted by atomic mass is 32.2. The van der Waals surface area contributed by atoms with Crippen LogP contribution in [0.3, 0.4) is 0 Å². The number of likely N-dealkylation sites (tertiary alicyclic amines) is 1. The predicted octanol–water partition coefficient (Wildman–Crippen LogP) is 1.62. The molecular weight excluding hydrogens is 393 g/mol. The fourth-order valence-corrected chi connectivity index (χ4v) is 3.57. The zero-order valence-electron chi connectivity index (χ0n) is 14.7. The lowest BCUT2D eigenvalue weighted by Crippen LogP contribution is -2.52. The average molecular weight is 415 g/mol. The standard InChI is InChI=1S/C16H22F5N3O2S/c1-27(25,26)23-8-11-3-2-4-24(11)9-16(20,21)15(22)6-10-5-13(18)14(19)7-12(10)17/h5,7,11,15,23H,2-4,6,8-9,22H2,1H3/t11?,15-/m1/s1. The molecule has 0 aliphatic carbocycles. The average Bonchev–Trinajstić information content (AvgIpc) is 2.96. The number of sulfonamides is 1. The third-order valence-electron chi connectivity index (χ3n) is 4.57. The molecule has 2 rings (SSSR count). The van der Waals surface area contributed by atoms with Gasteiger partial charge in [0.05, 0.1) is 18.8 Å². The highest BCUT2D eigenvalue weighted by Crippen LogP contribution is 2.27. The third kappa shape index (κ3) is 6.09. The van der Waals surface area contributed by atoms with Crippen LogP contribution in [0.5, 0.6) is 0 Å². The second kappa shape index (κ2) is 8.38. The van der Waals surface area contributed by atoms with Gasteiger partial charge in [0.15, 0.2) is 11.6 Å². The summed E-state index contributed by atoms with van der Waals surface area (Å²) in [5.74, 6) is -7.33. The van der Waals surface area contributed by atoms with Crippen molar-refractivity contribution < 1.29 is 30.4 Å². The van der Waals surface area contributed by atoms with Gasteiger partial charge in [0.25, 0.3) is 5.92 Å². The topological polar surface area (TPSA) is 75.4 Å². The lowest BCUT2D eigenvalue weighted by Gasteiger charge is -2.31. The molecule has 11 heteroatoms. The van der Waals surface area contributed by atoms with E-state index < -0.39 is 64.0 Å². The molecule has 1 aliphatic heterocycles. The van der Waals surface area contributed by atoms with Crippen LogP contribution in [0.2, 0.25) is 0 Å². The van der Waals surface area contributed by atoms with E-state index in [1.807, 2.05) is 0 Å². The van der Waals surface area contributed by atoms with Crippen LogP contribution in [0.1, 0.15) is 18.4 Å². The molecule has 1 aliphatic rings. The maximum Gasteiger partial charge on any atom is 0.275 e. The van der Waals surface area contributed by atoms with E-state index >= 15 is 0 Å². The number of nitrogens with one attached hydrogen (secondary N) is 1. The molecule has 1 unspecified atom stereocenters. The quantitative estimate of drug-likeness (QED) is 0.500. The Morgan fingerprint density at radius 1 is 1.26 bits per heavy atom. The molecule has 27 heavy (non-hydrogen) atoms. The number of alkyl halides is 2. The van der Waals surface area contributed by atoms with Crippen LogP contribution in [0.15, 0.2) is 12.1 Å². The number of hydrogen-bond donors (Lipinski definition) is 2. The summed E-state index contributed by atoms with van der Waals surface area (Å²) in [7, 11) is -3.44. The van der Waals surface area contributed by atoms with E-state index in [1.165, 1.54) is 4.90 Å². The second-order valence-corrected chi connectivity index (χ2v) is 8.65. The van der Waals surface area contributed by atoms with Crippen molar-refractivity contribution in [2.45, 2.75) is 37.3 Å². The molecule has 0 bridgehead atoms. The van der Waals surface area contributed by atoms with Gasteiger partial charge in [0, 0.05) is 18.7 Å². The molecule has 0 spiro atoms. The summed E-state index contributed by atoms with van der Waals surface area (Å²) < 4.78 is 93.6. The Hall–Kier alpha value is -1.30. The summed E-state index contributed by atoms with van der Waals surface area (Å²) in [6.45, 7) is -0.393. The smallest absolute Gasteiger partial charge is 0.275 e. The van der Waals surface area contributed by atoms with Crippen LogP contribution in [0.25, 0.3) is 0 Å². The highest BCUT2D eigenvalue weighted by molar-refractivity contribution is 7.88. The van der Waals surface area contributed by atoms with Gasteiger partial charge in [0.1, 0.15) is 5.82 Å². The predicted molar refractivity (Wildman–Crippen MR) is 90.4 cm³/mol. The van der Waals surface area contributed by atoms with Gasteiger partial charge in [-0.2, -0.15) is 0 Å². The fourth-order valence-electron chi connectivity index (χ4n) is 3.08. The second-order valence-electron chi connectivity index (χ2n) is 6.82. The highest BCUT2D eigenvalue weighted by Gasteiger charge is 2.42. The number of nitrogens with two attached hydrogens (primary N) is 1. The summed E-state index contributed by atoms with van der Waals surface area (Å²) in [5, 5.41) is 0. The van der Waals surface area contributed by atoms with Gasteiger partial charge >= 0.3 is 0 Å². The molecule has 3 N–H and O–H groups in total. The maximum absolute atomic E-state index is 14.5.